The van der Waals surface area contributed by atoms with Crippen LogP contribution in [0.3, 0.4) is 0 Å². The number of nitrogens with one attached hydrogen (secondary N) is 2. The maximum absolute atomic E-state index is 14.0. The molecule has 2 N–H and O–H groups in total. The lowest BCUT2D eigenvalue weighted by Crippen LogP contribution is -2.46. The summed E-state index contributed by atoms with van der Waals surface area (Å²) in [5.74, 6) is 0.533. The summed E-state index contributed by atoms with van der Waals surface area (Å²) in [4.78, 5) is 40.1. The van der Waals surface area contributed by atoms with Crippen LogP contribution in [0.1, 0.15) is 25.3 Å². The molecule has 2 unspecified atom stereocenters. The second-order valence-corrected chi connectivity index (χ2v) is 13.2. The van der Waals surface area contributed by atoms with E-state index < -0.39 is 5.41 Å². The van der Waals surface area contributed by atoms with Gasteiger partial charge in [0.25, 0.3) is 0 Å². The van der Waals surface area contributed by atoms with Gasteiger partial charge in [-0.25, -0.2) is 14.4 Å². The number of hydrogen-bond donors (Lipinski definition) is 2. The highest BCUT2D eigenvalue weighted by Crippen LogP contribution is 2.40. The molecule has 49 heavy (non-hydrogen) atoms. The number of aromatic nitrogens is 4. The Morgan fingerprint density at radius 3 is 2.45 bits per heavy atom. The maximum Gasteiger partial charge on any atom is 0.237 e. The lowest BCUT2D eigenvalue weighted by molar-refractivity contribution is -0.133. The fourth-order valence-corrected chi connectivity index (χ4v) is 7.21. The Labute approximate surface area is 289 Å². The smallest absolute Gasteiger partial charge is 0.237 e. The van der Waals surface area contributed by atoms with Crippen LogP contribution in [0.2, 0.25) is 0 Å². The number of rotatable bonds is 9. The van der Waals surface area contributed by atoms with Crippen LogP contribution in [0.5, 0.6) is 0 Å². The topological polar surface area (TPSA) is 107 Å². The third-order valence-electron chi connectivity index (χ3n) is 9.95. The summed E-state index contributed by atoms with van der Waals surface area (Å²) in [5.41, 5.74) is 5.46. The summed E-state index contributed by atoms with van der Waals surface area (Å²) in [6, 6.07) is 21.8. The fraction of sp³-hybridized carbons (Fsp3) is 0.289. The van der Waals surface area contributed by atoms with E-state index in [1.807, 2.05) is 42.2 Å². The molecular formula is C38H37ClFN7O2. The number of alkyl halides is 1. The lowest BCUT2D eigenvalue weighted by atomic mass is 9.75. The molecule has 0 aliphatic carbocycles. The largest absolute Gasteiger partial charge is 0.338 e. The van der Waals surface area contributed by atoms with E-state index in [-0.39, 0.29) is 30.1 Å². The number of hydrogen-bond acceptors (Lipinski definition) is 6. The molecule has 1 saturated heterocycles. The van der Waals surface area contributed by atoms with E-state index in [1.54, 1.807) is 30.6 Å². The minimum atomic E-state index is -0.751. The van der Waals surface area contributed by atoms with Gasteiger partial charge in [0.15, 0.2) is 5.82 Å². The molecule has 7 rings (SSSR count). The molecule has 11 heteroatoms. The third kappa shape index (κ3) is 6.71. The van der Waals surface area contributed by atoms with E-state index in [0.717, 1.165) is 34.0 Å². The Hall–Kier alpha value is -4.93. The van der Waals surface area contributed by atoms with Crippen LogP contribution in [-0.2, 0) is 9.59 Å². The lowest BCUT2D eigenvalue weighted by Gasteiger charge is -2.34. The molecule has 250 valence electrons. The first-order valence-electron chi connectivity index (χ1n) is 16.5. The molecular weight excluding hydrogens is 641 g/mol. The van der Waals surface area contributed by atoms with Crippen molar-refractivity contribution in [3.63, 3.8) is 0 Å². The molecule has 2 aliphatic rings. The number of carbonyl (C=O) groups excluding carboxylic acids is 2. The number of halogens is 2. The molecule has 2 atom stereocenters. The number of benzene rings is 3. The van der Waals surface area contributed by atoms with Gasteiger partial charge in [-0.15, -0.1) is 11.6 Å². The minimum Gasteiger partial charge on any atom is -0.338 e. The van der Waals surface area contributed by atoms with Gasteiger partial charge in [-0.3, -0.25) is 19.6 Å². The summed E-state index contributed by atoms with van der Waals surface area (Å²) < 4.78 is 13.5. The summed E-state index contributed by atoms with van der Waals surface area (Å²) in [6.07, 6.45) is 6.97. The average Bonchev–Trinajstić information content (AvgIpc) is 3.77. The van der Waals surface area contributed by atoms with Crippen LogP contribution in [0, 0.1) is 17.2 Å². The third-order valence-corrected chi connectivity index (χ3v) is 10.4. The number of H-pyrrole nitrogens is 1. The standard InChI is InChI=1S/C38H37ClFN7O2/c1-25(22-39)38(37(49)43-31-11-12-33-32(21-31)35(45-44-33)28-7-9-30(40)10-8-28)15-20-46(24-38)23-34(48)47-18-13-27(14-19-47)26-3-5-29(6-4-26)36-41-16-2-17-42-36/h2-13,16-17,21,25H,14-15,18-20,22-24H2,1H3,(H,43,49)(H,44,45). The molecule has 3 aromatic carbocycles. The Morgan fingerprint density at radius 2 is 1.73 bits per heavy atom. The predicted molar refractivity (Wildman–Crippen MR) is 190 cm³/mol. The number of fused-ring (bicyclic) bond motifs is 1. The Balaban J connectivity index is 0.994. The van der Waals surface area contributed by atoms with Crippen LogP contribution < -0.4 is 5.32 Å². The second-order valence-electron chi connectivity index (χ2n) is 12.9. The molecule has 5 aromatic rings. The SMILES string of the molecule is CC(CCl)C1(C(=O)Nc2ccc3[nH]nc(-c4ccc(F)cc4)c3c2)CCN(CC(=O)N2CC=C(c3ccc(-c4ncccn4)cc3)CC2)C1. The number of aromatic amines is 1. The monoisotopic (exact) mass is 677 g/mol. The van der Waals surface area contributed by atoms with Crippen molar-refractivity contribution in [2.45, 2.75) is 19.8 Å². The van der Waals surface area contributed by atoms with Crippen molar-refractivity contribution in [3.8, 4) is 22.6 Å². The van der Waals surface area contributed by atoms with Crippen LogP contribution in [0.25, 0.3) is 39.1 Å². The highest BCUT2D eigenvalue weighted by atomic mass is 35.5. The van der Waals surface area contributed by atoms with E-state index in [4.69, 9.17) is 11.6 Å². The highest BCUT2D eigenvalue weighted by molar-refractivity contribution is 6.18. The van der Waals surface area contributed by atoms with Crippen molar-refractivity contribution in [1.82, 2.24) is 30.0 Å². The van der Waals surface area contributed by atoms with Gasteiger partial charge in [-0.1, -0.05) is 37.3 Å². The van der Waals surface area contributed by atoms with Crippen molar-refractivity contribution in [1.29, 1.82) is 0 Å². The van der Waals surface area contributed by atoms with Gasteiger partial charge in [0, 0.05) is 60.1 Å². The number of anilines is 1. The van der Waals surface area contributed by atoms with E-state index >= 15 is 0 Å². The Bertz CT molecular complexity index is 2000. The van der Waals surface area contributed by atoms with Crippen molar-refractivity contribution < 1.29 is 14.0 Å². The number of amides is 2. The molecule has 0 spiro atoms. The first-order chi connectivity index (χ1) is 23.8. The first-order valence-corrected chi connectivity index (χ1v) is 17.0. The molecule has 9 nitrogen and oxygen atoms in total. The zero-order valence-electron chi connectivity index (χ0n) is 27.2. The van der Waals surface area contributed by atoms with Gasteiger partial charge >= 0.3 is 0 Å². The molecule has 0 radical (unpaired) electrons. The summed E-state index contributed by atoms with van der Waals surface area (Å²) in [6.45, 7) is 4.51. The summed E-state index contributed by atoms with van der Waals surface area (Å²) in [5, 5.41) is 11.4. The molecule has 1 fully saturated rings. The molecule has 2 aliphatic heterocycles. The van der Waals surface area contributed by atoms with Crippen molar-refractivity contribution in [2.75, 3.05) is 43.9 Å². The zero-order valence-corrected chi connectivity index (χ0v) is 28.0. The molecule has 2 amide bonds. The van der Waals surface area contributed by atoms with Crippen LogP contribution in [0.15, 0.2) is 91.3 Å². The van der Waals surface area contributed by atoms with Gasteiger partial charge in [0.1, 0.15) is 5.82 Å². The first kappa shape index (κ1) is 32.6. The van der Waals surface area contributed by atoms with Gasteiger partial charge in [-0.05, 0) is 85.0 Å². The van der Waals surface area contributed by atoms with Crippen LogP contribution in [-0.4, -0.2) is 80.4 Å². The van der Waals surface area contributed by atoms with E-state index in [9.17, 15) is 14.0 Å². The van der Waals surface area contributed by atoms with Crippen LogP contribution in [0.4, 0.5) is 10.1 Å². The quantitative estimate of drug-likeness (QED) is 0.169. The maximum atomic E-state index is 14.0. The second kappa shape index (κ2) is 13.9. The van der Waals surface area contributed by atoms with Crippen molar-refractivity contribution >= 4 is 45.6 Å². The van der Waals surface area contributed by atoms with Crippen molar-refractivity contribution in [2.24, 2.45) is 11.3 Å². The summed E-state index contributed by atoms with van der Waals surface area (Å²) in [7, 11) is 0. The molecule has 4 heterocycles. The number of carbonyl (C=O) groups is 2. The van der Waals surface area contributed by atoms with E-state index in [1.165, 1.54) is 17.7 Å². The minimum absolute atomic E-state index is 0.0559. The average molecular weight is 678 g/mol. The molecule has 0 saturated carbocycles. The van der Waals surface area contributed by atoms with Crippen molar-refractivity contribution in [3.05, 3.63) is 103 Å². The predicted octanol–water partition coefficient (Wildman–Crippen LogP) is 6.65. The number of nitrogens with zero attached hydrogens (tertiary/aromatic N) is 5. The Morgan fingerprint density at radius 1 is 1.00 bits per heavy atom. The number of likely N-dealkylation sites (tertiary alicyclic amines) is 1. The zero-order chi connectivity index (χ0) is 34.0. The fourth-order valence-electron chi connectivity index (χ4n) is 6.91. The highest BCUT2D eigenvalue weighted by Gasteiger charge is 2.48. The van der Waals surface area contributed by atoms with Gasteiger partial charge in [-0.2, -0.15) is 5.10 Å². The van der Waals surface area contributed by atoms with Gasteiger partial charge in [0.05, 0.1) is 23.2 Å². The molecule has 2 aromatic heterocycles. The van der Waals surface area contributed by atoms with Gasteiger partial charge < -0.3 is 10.2 Å². The van der Waals surface area contributed by atoms with Crippen LogP contribution >= 0.6 is 11.6 Å². The molecule has 0 bridgehead atoms. The Kier molecular flexibility index (Phi) is 9.25. The van der Waals surface area contributed by atoms with Gasteiger partial charge in [0.2, 0.25) is 11.8 Å². The van der Waals surface area contributed by atoms with E-state index in [2.05, 4.69) is 48.6 Å². The summed E-state index contributed by atoms with van der Waals surface area (Å²) >= 11 is 6.39. The normalized spacial score (nSPS) is 18.8. The van der Waals surface area contributed by atoms with E-state index in [0.29, 0.717) is 55.7 Å².